The topological polar surface area (TPSA) is 61.1 Å². The Labute approximate surface area is 436 Å². The van der Waals surface area contributed by atoms with Gasteiger partial charge in [0.1, 0.15) is 24.0 Å². The van der Waals surface area contributed by atoms with Crippen molar-refractivity contribution in [1.82, 2.24) is 40.9 Å². The van der Waals surface area contributed by atoms with Gasteiger partial charge in [-0.05, 0) is 190 Å². The highest BCUT2D eigenvalue weighted by molar-refractivity contribution is 6.65. The van der Waals surface area contributed by atoms with Gasteiger partial charge in [-0.2, -0.15) is 0 Å². The number of benzene rings is 1. The number of piperazine rings is 2. The van der Waals surface area contributed by atoms with Crippen molar-refractivity contribution in [2.45, 2.75) is 274 Å². The maximum absolute atomic E-state index is 4.49. The first-order chi connectivity index (χ1) is 34.6. The molecule has 8 saturated carbocycles. The lowest BCUT2D eigenvalue weighted by Crippen LogP contribution is -2.75. The highest BCUT2D eigenvalue weighted by Gasteiger charge is 2.77. The SMILES string of the molecule is CC1NC2C(CC(C)(C)C)=C3N4C5CC(c6ccccc6)CC6C5B(C5CC7CC8CCCC(C8)C7C(C54)N3C2NC1C)C1CC2C3CCC(CC3)C2C2C1N6C1=C(CC(C)(C)C)C3NC(C)C(C)NC3N12. The molecule has 17 rings (SSSR count). The van der Waals surface area contributed by atoms with Crippen molar-refractivity contribution < 1.29 is 0 Å². The Morgan fingerprint density at radius 2 is 1.04 bits per heavy atom. The molecule has 24 unspecified atom stereocenters. The summed E-state index contributed by atoms with van der Waals surface area (Å²) < 4.78 is 0. The zero-order valence-corrected chi connectivity index (χ0v) is 46.4. The third-order valence-corrected chi connectivity index (χ3v) is 25.4. The molecular formula is C63H95BN8. The monoisotopic (exact) mass is 975 g/mol. The van der Waals surface area contributed by atoms with Crippen molar-refractivity contribution in [3.63, 3.8) is 0 Å². The van der Waals surface area contributed by atoms with Gasteiger partial charge in [-0.1, -0.05) is 104 Å². The summed E-state index contributed by atoms with van der Waals surface area (Å²) >= 11 is 0. The van der Waals surface area contributed by atoms with Gasteiger partial charge in [0.05, 0.1) is 24.2 Å². The van der Waals surface area contributed by atoms with Gasteiger partial charge in [0, 0.05) is 48.3 Å². The second-order valence-electron chi connectivity index (χ2n) is 31.4. The summed E-state index contributed by atoms with van der Waals surface area (Å²) in [5.74, 6) is 13.6. The van der Waals surface area contributed by atoms with Gasteiger partial charge in [0.25, 0.3) is 0 Å². The quantitative estimate of drug-likeness (QED) is 0.224. The van der Waals surface area contributed by atoms with E-state index < -0.39 is 0 Å². The van der Waals surface area contributed by atoms with E-state index in [-0.39, 0.29) is 10.8 Å². The summed E-state index contributed by atoms with van der Waals surface area (Å²) in [6.07, 6.45) is 22.4. The molecule has 6 saturated heterocycles. The van der Waals surface area contributed by atoms with E-state index in [4.69, 9.17) is 0 Å². The average molecular weight is 975 g/mol. The van der Waals surface area contributed by atoms with E-state index in [1.165, 1.54) is 96.3 Å². The minimum Gasteiger partial charge on any atom is -0.351 e. The van der Waals surface area contributed by atoms with Gasteiger partial charge in [-0.15, -0.1) is 0 Å². The zero-order chi connectivity index (χ0) is 48.8. The minimum absolute atomic E-state index is 0.213. The van der Waals surface area contributed by atoms with Gasteiger partial charge in [-0.25, -0.2) is 0 Å². The van der Waals surface area contributed by atoms with E-state index >= 15 is 0 Å². The molecule has 72 heavy (non-hydrogen) atoms. The Morgan fingerprint density at radius 1 is 0.514 bits per heavy atom. The third-order valence-electron chi connectivity index (χ3n) is 25.4. The molecule has 0 radical (unpaired) electrons. The van der Waals surface area contributed by atoms with Gasteiger partial charge < -0.3 is 30.2 Å². The molecule has 0 amide bonds. The Balaban J connectivity index is 0.942. The normalized spacial score (nSPS) is 52.1. The van der Waals surface area contributed by atoms with Crippen molar-refractivity contribution in [2.24, 2.45) is 58.2 Å². The number of nitrogens with zero attached hydrogens (tertiary/aromatic N) is 4. The lowest BCUT2D eigenvalue weighted by Gasteiger charge is -2.69. The molecule has 0 spiro atoms. The fourth-order valence-corrected chi connectivity index (χ4v) is 23.3. The molecule has 0 aromatic heterocycles. The van der Waals surface area contributed by atoms with Crippen LogP contribution in [0, 0.1) is 58.2 Å². The second-order valence-corrected chi connectivity index (χ2v) is 31.4. The number of rotatable bonds is 3. The number of hydrogen-bond donors (Lipinski definition) is 4. The summed E-state index contributed by atoms with van der Waals surface area (Å²) in [5, 5.41) is 17.8. The minimum atomic E-state index is 0.213. The first kappa shape index (κ1) is 45.9. The Morgan fingerprint density at radius 3 is 1.62 bits per heavy atom. The van der Waals surface area contributed by atoms with E-state index in [0.717, 1.165) is 65.7 Å². The fraction of sp³-hybridized carbons (Fsp3) is 0.841. The van der Waals surface area contributed by atoms with Gasteiger partial charge in [0.2, 0.25) is 0 Å². The first-order valence-corrected chi connectivity index (χ1v) is 31.3. The van der Waals surface area contributed by atoms with Crippen LogP contribution in [0.2, 0.25) is 17.5 Å². The third kappa shape index (κ3) is 6.26. The zero-order valence-electron chi connectivity index (χ0n) is 46.4. The molecule has 8 aliphatic carbocycles. The van der Waals surface area contributed by atoms with Crippen molar-refractivity contribution in [3.05, 3.63) is 58.7 Å². The predicted octanol–water partition coefficient (Wildman–Crippen LogP) is 10.6. The molecule has 1 aromatic rings. The highest BCUT2D eigenvalue weighted by atomic mass is 15.6. The molecular weight excluding hydrogens is 880 g/mol. The standard InChI is InChI=1S/C63H95BN8/c1-31-33(3)67-58-52(65-31)43(29-62(5,6)7)60-69-47-26-40(36-16-12-11-13-17-36)27-48-51(47)64(45-25-41-24-35-15-14-18-39(23-35)49(41)56(54(45)69)71(58)60)46-28-42-37-19-21-38(22-20-37)50(42)57-55(46)70(48)61-44(30-63(8,9)10)53-59(72(57)61)68-34(4)32(2)66-53/h11-13,16-17,31-35,37-42,45-59,65-68H,14-15,18-30H2,1-10H3. The number of fused-ring (bicyclic) bond motifs is 21. The van der Waals surface area contributed by atoms with Crippen LogP contribution in [0.3, 0.4) is 0 Å². The van der Waals surface area contributed by atoms with E-state index in [2.05, 4.69) is 140 Å². The van der Waals surface area contributed by atoms with Crippen molar-refractivity contribution in [2.75, 3.05) is 0 Å². The molecule has 16 aliphatic rings. The Bertz CT molecular complexity index is 2400. The smallest absolute Gasteiger partial charge is 0.159 e. The lowest BCUT2D eigenvalue weighted by atomic mass is 9.17. The molecule has 4 N–H and O–H groups in total. The largest absolute Gasteiger partial charge is 0.351 e. The average Bonchev–Trinajstić information content (AvgIpc) is 4.05. The Hall–Kier alpha value is -2.20. The van der Waals surface area contributed by atoms with Crippen LogP contribution in [0.5, 0.6) is 0 Å². The molecule has 8 heterocycles. The van der Waals surface area contributed by atoms with E-state index in [1.807, 2.05) is 0 Å². The lowest BCUT2D eigenvalue weighted by molar-refractivity contribution is -0.0785. The van der Waals surface area contributed by atoms with Crippen LogP contribution in [0.1, 0.15) is 177 Å². The van der Waals surface area contributed by atoms with Gasteiger partial charge in [-0.3, -0.25) is 10.6 Å². The second kappa shape index (κ2) is 15.7. The molecule has 9 heteroatoms. The van der Waals surface area contributed by atoms with Crippen molar-refractivity contribution in [1.29, 1.82) is 0 Å². The number of nitrogens with one attached hydrogen (secondary N) is 4. The van der Waals surface area contributed by atoms with Crippen LogP contribution in [0.15, 0.2) is 53.1 Å². The van der Waals surface area contributed by atoms with Crippen molar-refractivity contribution >= 4 is 6.71 Å². The van der Waals surface area contributed by atoms with Crippen LogP contribution < -0.4 is 21.3 Å². The fourth-order valence-electron chi connectivity index (χ4n) is 23.3. The predicted molar refractivity (Wildman–Crippen MR) is 292 cm³/mol. The van der Waals surface area contributed by atoms with Crippen molar-refractivity contribution in [3.8, 4) is 0 Å². The molecule has 1 aromatic carbocycles. The molecule has 14 fully saturated rings. The maximum atomic E-state index is 4.49. The summed E-state index contributed by atoms with van der Waals surface area (Å²) in [4.78, 5) is 13.4. The van der Waals surface area contributed by atoms with Crippen LogP contribution in [0.4, 0.5) is 0 Å². The highest BCUT2D eigenvalue weighted by Crippen LogP contribution is 2.74. The summed E-state index contributed by atoms with van der Waals surface area (Å²) in [6, 6.07) is 18.5. The van der Waals surface area contributed by atoms with Crippen LogP contribution in [-0.4, -0.2) is 111 Å². The maximum Gasteiger partial charge on any atom is 0.159 e. The Kier molecular flexibility index (Phi) is 10.0. The van der Waals surface area contributed by atoms with Gasteiger partial charge in [0.15, 0.2) is 6.71 Å². The number of hydrogen-bond acceptors (Lipinski definition) is 8. The molecule has 390 valence electrons. The first-order valence-electron chi connectivity index (χ1n) is 31.3. The molecule has 8 aliphatic heterocycles. The summed E-state index contributed by atoms with van der Waals surface area (Å²) in [5.41, 5.74) is 5.62. The summed E-state index contributed by atoms with van der Waals surface area (Å²) in [7, 11) is 0. The molecule has 24 atom stereocenters. The summed E-state index contributed by atoms with van der Waals surface area (Å²) in [6.45, 7) is 26.1. The van der Waals surface area contributed by atoms with Crippen LogP contribution in [0.25, 0.3) is 0 Å². The van der Waals surface area contributed by atoms with Crippen LogP contribution in [-0.2, 0) is 0 Å². The molecule has 8 nitrogen and oxygen atoms in total. The van der Waals surface area contributed by atoms with E-state index in [1.54, 1.807) is 28.4 Å². The van der Waals surface area contributed by atoms with E-state index in [9.17, 15) is 0 Å². The van der Waals surface area contributed by atoms with Gasteiger partial charge >= 0.3 is 0 Å². The van der Waals surface area contributed by atoms with Crippen LogP contribution >= 0.6 is 0 Å². The van der Waals surface area contributed by atoms with E-state index in [0.29, 0.717) is 96.6 Å². The molecule has 4 bridgehead atoms.